The topological polar surface area (TPSA) is 75.5 Å². The first-order valence-corrected chi connectivity index (χ1v) is 7.23. The maximum Gasteiger partial charge on any atom is 0.377 e. The van der Waals surface area contributed by atoms with Crippen molar-refractivity contribution in [2.24, 2.45) is 0 Å². The van der Waals surface area contributed by atoms with Crippen LogP contribution in [0.15, 0.2) is 42.5 Å². The summed E-state index contributed by atoms with van der Waals surface area (Å²) in [5, 5.41) is 8.74. The second-order valence-corrected chi connectivity index (χ2v) is 5.14. The summed E-state index contributed by atoms with van der Waals surface area (Å²) in [7, 11) is 2.70. The minimum atomic E-state index is -0.620. The molecule has 1 fully saturated rings. The first kappa shape index (κ1) is 15.1. The Morgan fingerprint density at radius 1 is 1.35 bits per heavy atom. The number of carbonyl (C=O) groups is 1. The van der Waals surface area contributed by atoms with Crippen molar-refractivity contribution in [3.8, 4) is 11.4 Å². The van der Waals surface area contributed by atoms with E-state index < -0.39 is 5.97 Å². The Morgan fingerprint density at radius 2 is 2.17 bits per heavy atom. The molecule has 1 aromatic heterocycles. The number of carbonyl (C=O) groups excluding carboxylic acids is 1. The number of methoxy groups -OCH3 is 2. The van der Waals surface area contributed by atoms with Crippen LogP contribution in [0.1, 0.15) is 24.5 Å². The molecule has 0 N–H and O–H groups in total. The van der Waals surface area contributed by atoms with Gasteiger partial charge in [-0.15, -0.1) is 0 Å². The zero-order chi connectivity index (χ0) is 16.2. The van der Waals surface area contributed by atoms with Crippen molar-refractivity contribution in [1.29, 1.82) is 0 Å². The molecule has 0 bridgehead atoms. The van der Waals surface area contributed by atoms with Gasteiger partial charge < -0.3 is 14.2 Å². The van der Waals surface area contributed by atoms with Crippen LogP contribution >= 0.6 is 0 Å². The SMILES string of the molecule is CO/C=C(\Oc1cccc(-n2ncc(C3CC3)n2)c1)C(=O)OC. The highest BCUT2D eigenvalue weighted by Crippen LogP contribution is 2.38. The first-order valence-electron chi connectivity index (χ1n) is 7.23. The maximum atomic E-state index is 11.6. The van der Waals surface area contributed by atoms with E-state index >= 15 is 0 Å². The molecular formula is C16H17N3O4. The molecule has 0 saturated heterocycles. The largest absolute Gasteiger partial charge is 0.500 e. The summed E-state index contributed by atoms with van der Waals surface area (Å²) in [4.78, 5) is 13.2. The van der Waals surface area contributed by atoms with E-state index in [1.54, 1.807) is 29.2 Å². The molecule has 0 amide bonds. The summed E-state index contributed by atoms with van der Waals surface area (Å²) in [5.74, 6) is 0.338. The molecule has 0 radical (unpaired) electrons. The Kier molecular flexibility index (Phi) is 4.27. The van der Waals surface area contributed by atoms with Crippen molar-refractivity contribution in [3.05, 3.63) is 48.2 Å². The highest BCUT2D eigenvalue weighted by Gasteiger charge is 2.26. The monoisotopic (exact) mass is 315 g/mol. The Balaban J connectivity index is 1.81. The van der Waals surface area contributed by atoms with E-state index in [1.807, 2.05) is 6.07 Å². The minimum Gasteiger partial charge on any atom is -0.500 e. The molecule has 0 atom stereocenters. The molecule has 1 saturated carbocycles. The number of ether oxygens (including phenoxy) is 3. The third-order valence-electron chi connectivity index (χ3n) is 3.39. The van der Waals surface area contributed by atoms with Gasteiger partial charge in [0.1, 0.15) is 12.0 Å². The first-order chi connectivity index (χ1) is 11.2. The Labute approximate surface area is 133 Å². The summed E-state index contributed by atoms with van der Waals surface area (Å²) < 4.78 is 15.0. The average molecular weight is 315 g/mol. The predicted octanol–water partition coefficient (Wildman–Crippen LogP) is 2.18. The second kappa shape index (κ2) is 6.51. The molecule has 3 rings (SSSR count). The van der Waals surface area contributed by atoms with Crippen molar-refractivity contribution < 1.29 is 19.0 Å². The third-order valence-corrected chi connectivity index (χ3v) is 3.39. The molecule has 7 nitrogen and oxygen atoms in total. The van der Waals surface area contributed by atoms with Gasteiger partial charge in [0.25, 0.3) is 0 Å². The molecule has 1 aromatic carbocycles. The van der Waals surface area contributed by atoms with E-state index in [4.69, 9.17) is 9.47 Å². The number of hydrogen-bond acceptors (Lipinski definition) is 6. The fourth-order valence-corrected chi connectivity index (χ4v) is 2.09. The normalized spacial score (nSPS) is 14.4. The summed E-state index contributed by atoms with van der Waals surface area (Å²) in [6, 6.07) is 7.12. The van der Waals surface area contributed by atoms with E-state index in [-0.39, 0.29) is 5.76 Å². The van der Waals surface area contributed by atoms with E-state index in [0.29, 0.717) is 11.7 Å². The molecule has 0 unspecified atom stereocenters. The van der Waals surface area contributed by atoms with Gasteiger partial charge in [-0.2, -0.15) is 15.0 Å². The molecule has 0 aliphatic heterocycles. The summed E-state index contributed by atoms with van der Waals surface area (Å²) >= 11 is 0. The molecule has 2 aromatic rings. The molecule has 0 spiro atoms. The quantitative estimate of drug-likeness (QED) is 0.462. The number of hydrogen-bond donors (Lipinski definition) is 0. The third kappa shape index (κ3) is 3.50. The van der Waals surface area contributed by atoms with Crippen molar-refractivity contribution >= 4 is 5.97 Å². The lowest BCUT2D eigenvalue weighted by molar-refractivity contribution is -0.138. The van der Waals surface area contributed by atoms with Crippen LogP contribution in [0.4, 0.5) is 0 Å². The lowest BCUT2D eigenvalue weighted by Gasteiger charge is -2.09. The van der Waals surface area contributed by atoms with Gasteiger partial charge >= 0.3 is 5.97 Å². The number of rotatable bonds is 6. The maximum absolute atomic E-state index is 11.6. The molecule has 7 heteroatoms. The van der Waals surface area contributed by atoms with Crippen LogP contribution in [0, 0.1) is 0 Å². The van der Waals surface area contributed by atoms with Crippen LogP contribution in [0.3, 0.4) is 0 Å². The number of nitrogens with zero attached hydrogens (tertiary/aromatic N) is 3. The second-order valence-electron chi connectivity index (χ2n) is 5.14. The molecule has 120 valence electrons. The fourth-order valence-electron chi connectivity index (χ4n) is 2.09. The summed E-state index contributed by atoms with van der Waals surface area (Å²) in [6.45, 7) is 0. The van der Waals surface area contributed by atoms with Crippen LogP contribution in [0.2, 0.25) is 0 Å². The Hall–Kier alpha value is -2.83. The molecule has 1 aliphatic carbocycles. The van der Waals surface area contributed by atoms with Crippen LogP contribution in [0.25, 0.3) is 5.69 Å². The predicted molar refractivity (Wildman–Crippen MR) is 81.1 cm³/mol. The number of aromatic nitrogens is 3. The van der Waals surface area contributed by atoms with Gasteiger partial charge in [0.15, 0.2) is 0 Å². The molecule has 23 heavy (non-hydrogen) atoms. The van der Waals surface area contributed by atoms with Crippen molar-refractivity contribution in [2.75, 3.05) is 14.2 Å². The summed E-state index contributed by atoms with van der Waals surface area (Å²) in [5.41, 5.74) is 1.75. The van der Waals surface area contributed by atoms with E-state index in [9.17, 15) is 4.79 Å². The van der Waals surface area contributed by atoms with Gasteiger partial charge in [0.05, 0.1) is 31.8 Å². The van der Waals surface area contributed by atoms with Crippen LogP contribution in [0.5, 0.6) is 5.75 Å². The van der Waals surface area contributed by atoms with Gasteiger partial charge in [0.2, 0.25) is 5.76 Å². The van der Waals surface area contributed by atoms with Gasteiger partial charge in [-0.3, -0.25) is 0 Å². The van der Waals surface area contributed by atoms with E-state index in [2.05, 4.69) is 14.9 Å². The molecule has 1 aliphatic rings. The smallest absolute Gasteiger partial charge is 0.377 e. The van der Waals surface area contributed by atoms with Crippen molar-refractivity contribution in [2.45, 2.75) is 18.8 Å². The standard InChI is InChI=1S/C16H17N3O4/c1-21-10-15(16(20)22-2)23-13-5-3-4-12(8-13)19-17-9-14(18-19)11-6-7-11/h3-5,8-11H,6-7H2,1-2H3/b15-10-. The average Bonchev–Trinajstić information content (AvgIpc) is 3.31. The highest BCUT2D eigenvalue weighted by atomic mass is 16.6. The molecular weight excluding hydrogens is 298 g/mol. The van der Waals surface area contributed by atoms with E-state index in [1.165, 1.54) is 33.3 Å². The fraction of sp³-hybridized carbons (Fsp3) is 0.312. The van der Waals surface area contributed by atoms with Gasteiger partial charge in [-0.05, 0) is 25.0 Å². The van der Waals surface area contributed by atoms with Crippen LogP contribution in [-0.4, -0.2) is 35.2 Å². The zero-order valence-corrected chi connectivity index (χ0v) is 12.9. The number of benzene rings is 1. The van der Waals surface area contributed by atoms with Crippen molar-refractivity contribution in [3.63, 3.8) is 0 Å². The zero-order valence-electron chi connectivity index (χ0n) is 12.9. The van der Waals surface area contributed by atoms with Gasteiger partial charge in [0, 0.05) is 12.0 Å². The minimum absolute atomic E-state index is 0.0424. The van der Waals surface area contributed by atoms with Gasteiger partial charge in [-0.25, -0.2) is 4.79 Å². The number of esters is 1. The summed E-state index contributed by atoms with van der Waals surface area (Å²) in [6.07, 6.45) is 5.32. The van der Waals surface area contributed by atoms with Gasteiger partial charge in [-0.1, -0.05) is 6.07 Å². The van der Waals surface area contributed by atoms with E-state index in [0.717, 1.165) is 11.4 Å². The van der Waals surface area contributed by atoms with Crippen molar-refractivity contribution in [1.82, 2.24) is 15.0 Å². The Bertz CT molecular complexity index is 734. The highest BCUT2D eigenvalue weighted by molar-refractivity contribution is 5.86. The lowest BCUT2D eigenvalue weighted by Crippen LogP contribution is -2.11. The van der Waals surface area contributed by atoms with Crippen LogP contribution in [-0.2, 0) is 14.3 Å². The van der Waals surface area contributed by atoms with Crippen LogP contribution < -0.4 is 4.74 Å². The lowest BCUT2D eigenvalue weighted by atomic mass is 10.3. The molecule has 1 heterocycles. The Morgan fingerprint density at radius 3 is 2.87 bits per heavy atom.